The highest BCUT2D eigenvalue weighted by Gasteiger charge is 2.28. The second kappa shape index (κ2) is 10.6. The van der Waals surface area contributed by atoms with Gasteiger partial charge >= 0.3 is 0 Å². The zero-order chi connectivity index (χ0) is 24.3. The second-order valence-corrected chi connectivity index (χ2v) is 11.5. The van der Waals surface area contributed by atoms with Gasteiger partial charge in [-0.15, -0.1) is 0 Å². The Morgan fingerprint density at radius 2 is 1.71 bits per heavy atom. The average Bonchev–Trinajstić information content (AvgIpc) is 2.82. The van der Waals surface area contributed by atoms with E-state index in [4.69, 9.17) is 11.6 Å². The summed E-state index contributed by atoms with van der Waals surface area (Å²) >= 11 is 9.45. The molecule has 3 aromatic rings. The number of anilines is 1. The van der Waals surface area contributed by atoms with Gasteiger partial charge in [0.25, 0.3) is 5.91 Å². The number of hydrogen-bond donors (Lipinski definition) is 1. The Labute approximate surface area is 213 Å². The highest BCUT2D eigenvalue weighted by atomic mass is 79.9. The lowest BCUT2D eigenvalue weighted by atomic mass is 10.1. The zero-order valence-corrected chi connectivity index (χ0v) is 21.8. The summed E-state index contributed by atoms with van der Waals surface area (Å²) in [6.45, 7) is 4.69. The van der Waals surface area contributed by atoms with Crippen LogP contribution in [0, 0.1) is 6.92 Å². The van der Waals surface area contributed by atoms with Gasteiger partial charge in [-0.3, -0.25) is 9.69 Å². The van der Waals surface area contributed by atoms with Crippen LogP contribution in [0.1, 0.15) is 21.5 Å². The number of carbonyl (C=O) groups is 1. The number of benzene rings is 3. The molecular formula is C25H25BrClN3O3S. The van der Waals surface area contributed by atoms with Crippen LogP contribution < -0.4 is 5.32 Å². The van der Waals surface area contributed by atoms with Gasteiger partial charge in [0.2, 0.25) is 10.0 Å². The van der Waals surface area contributed by atoms with Crippen LogP contribution in [0.15, 0.2) is 76.1 Å². The molecule has 34 heavy (non-hydrogen) atoms. The van der Waals surface area contributed by atoms with Crippen molar-refractivity contribution < 1.29 is 13.2 Å². The van der Waals surface area contributed by atoms with Crippen molar-refractivity contribution in [1.82, 2.24) is 9.21 Å². The van der Waals surface area contributed by atoms with Crippen molar-refractivity contribution in [3.8, 4) is 0 Å². The monoisotopic (exact) mass is 561 g/mol. The van der Waals surface area contributed by atoms with E-state index in [1.807, 2.05) is 37.3 Å². The molecule has 0 unspecified atom stereocenters. The molecule has 1 heterocycles. The smallest absolute Gasteiger partial charge is 0.255 e. The zero-order valence-electron chi connectivity index (χ0n) is 18.7. The van der Waals surface area contributed by atoms with Gasteiger partial charge in [0.1, 0.15) is 0 Å². The van der Waals surface area contributed by atoms with Gasteiger partial charge in [0, 0.05) is 48.4 Å². The van der Waals surface area contributed by atoms with E-state index in [1.165, 1.54) is 0 Å². The minimum atomic E-state index is -3.49. The van der Waals surface area contributed by atoms with Gasteiger partial charge in [-0.25, -0.2) is 8.42 Å². The molecule has 1 amide bonds. The Hall–Kier alpha value is -2.23. The molecule has 1 fully saturated rings. The van der Waals surface area contributed by atoms with Crippen molar-refractivity contribution in [2.45, 2.75) is 18.4 Å². The normalized spacial score (nSPS) is 15.3. The highest BCUT2D eigenvalue weighted by Crippen LogP contribution is 2.26. The van der Waals surface area contributed by atoms with Gasteiger partial charge in [0.15, 0.2) is 0 Å². The predicted molar refractivity (Wildman–Crippen MR) is 139 cm³/mol. The first-order chi connectivity index (χ1) is 16.2. The molecule has 0 bridgehead atoms. The molecule has 0 atom stereocenters. The van der Waals surface area contributed by atoms with Gasteiger partial charge in [-0.2, -0.15) is 4.31 Å². The van der Waals surface area contributed by atoms with E-state index in [0.29, 0.717) is 53.9 Å². The topological polar surface area (TPSA) is 69.7 Å². The maximum absolute atomic E-state index is 12.9. The SMILES string of the molecule is Cc1ccc(S(=O)(=O)N2CCN(Cc3cccc(C(=O)Nc4ccc(Br)c(Cl)c4)c3)CC2)cc1. The Bertz CT molecular complexity index is 1290. The van der Waals surface area contributed by atoms with Crippen LogP contribution in [-0.4, -0.2) is 49.7 Å². The molecule has 6 nitrogen and oxygen atoms in total. The maximum Gasteiger partial charge on any atom is 0.255 e. The highest BCUT2D eigenvalue weighted by molar-refractivity contribution is 9.10. The Morgan fingerprint density at radius 1 is 1.00 bits per heavy atom. The first-order valence-corrected chi connectivity index (χ1v) is 13.5. The summed E-state index contributed by atoms with van der Waals surface area (Å²) in [5.74, 6) is -0.214. The van der Waals surface area contributed by atoms with Crippen LogP contribution in [0.3, 0.4) is 0 Å². The van der Waals surface area contributed by atoms with Crippen molar-refractivity contribution in [1.29, 1.82) is 0 Å². The first kappa shape index (κ1) is 24.9. The molecule has 4 rings (SSSR count). The second-order valence-electron chi connectivity index (χ2n) is 8.28. The van der Waals surface area contributed by atoms with Crippen LogP contribution >= 0.6 is 27.5 Å². The van der Waals surface area contributed by atoms with Gasteiger partial charge < -0.3 is 5.32 Å². The number of amides is 1. The summed E-state index contributed by atoms with van der Waals surface area (Å²) in [4.78, 5) is 15.2. The van der Waals surface area contributed by atoms with Crippen LogP contribution in [0.25, 0.3) is 0 Å². The summed E-state index contributed by atoms with van der Waals surface area (Å²) in [5, 5.41) is 3.39. The molecular weight excluding hydrogens is 538 g/mol. The number of rotatable bonds is 6. The molecule has 178 valence electrons. The molecule has 0 saturated carbocycles. The number of nitrogens with one attached hydrogen (secondary N) is 1. The average molecular weight is 563 g/mol. The third-order valence-corrected chi connectivity index (χ3v) is 8.91. The van der Waals surface area contributed by atoms with Crippen LogP contribution in [0.2, 0.25) is 5.02 Å². The molecule has 1 saturated heterocycles. The largest absolute Gasteiger partial charge is 0.322 e. The fourth-order valence-corrected chi connectivity index (χ4v) is 5.68. The molecule has 3 aromatic carbocycles. The molecule has 0 aromatic heterocycles. The molecule has 0 radical (unpaired) electrons. The van der Waals surface area contributed by atoms with Gasteiger partial charge in [-0.1, -0.05) is 41.4 Å². The standard InChI is InChI=1S/C25H25BrClN3O3S/c1-18-5-8-22(9-6-18)34(32,33)30-13-11-29(12-14-30)17-19-3-2-4-20(15-19)25(31)28-21-7-10-23(26)24(27)16-21/h2-10,15-16H,11-14,17H2,1H3,(H,28,31). The van der Waals surface area contributed by atoms with E-state index in [2.05, 4.69) is 26.1 Å². The number of carbonyl (C=O) groups excluding carboxylic acids is 1. The van der Waals surface area contributed by atoms with E-state index < -0.39 is 10.0 Å². The lowest BCUT2D eigenvalue weighted by Gasteiger charge is -2.34. The van der Waals surface area contributed by atoms with Gasteiger partial charge in [0.05, 0.1) is 9.92 Å². The molecule has 1 N–H and O–H groups in total. The lowest BCUT2D eigenvalue weighted by Crippen LogP contribution is -2.48. The van der Waals surface area contributed by atoms with Gasteiger partial charge in [-0.05, 0) is 70.9 Å². The lowest BCUT2D eigenvalue weighted by molar-refractivity contribution is 0.102. The number of piperazine rings is 1. The number of sulfonamides is 1. The van der Waals surface area contributed by atoms with E-state index >= 15 is 0 Å². The fourth-order valence-electron chi connectivity index (χ4n) is 3.83. The molecule has 0 spiro atoms. The van der Waals surface area contributed by atoms with E-state index in [0.717, 1.165) is 15.6 Å². The molecule has 1 aliphatic rings. The summed E-state index contributed by atoms with van der Waals surface area (Å²) < 4.78 is 28.2. The minimum absolute atomic E-state index is 0.214. The Morgan fingerprint density at radius 3 is 2.38 bits per heavy atom. The number of nitrogens with zero attached hydrogens (tertiary/aromatic N) is 2. The van der Waals surface area contributed by atoms with Crippen LogP contribution in [0.4, 0.5) is 5.69 Å². The van der Waals surface area contributed by atoms with E-state index in [1.54, 1.807) is 40.7 Å². The van der Waals surface area contributed by atoms with Crippen molar-refractivity contribution in [2.75, 3.05) is 31.5 Å². The fraction of sp³-hybridized carbons (Fsp3) is 0.240. The number of halogens is 2. The Balaban J connectivity index is 1.36. The van der Waals surface area contributed by atoms with Crippen molar-refractivity contribution in [3.05, 3.63) is 92.9 Å². The summed E-state index contributed by atoms with van der Waals surface area (Å²) in [7, 11) is -3.49. The predicted octanol–water partition coefficient (Wildman–Crippen LogP) is 5.17. The first-order valence-electron chi connectivity index (χ1n) is 10.9. The third kappa shape index (κ3) is 5.87. The summed E-state index contributed by atoms with van der Waals surface area (Å²) in [6, 6.07) is 19.7. The van der Waals surface area contributed by atoms with Crippen molar-refractivity contribution >= 4 is 49.1 Å². The quantitative estimate of drug-likeness (QED) is 0.450. The Kier molecular flexibility index (Phi) is 7.74. The van der Waals surface area contributed by atoms with Crippen molar-refractivity contribution in [3.63, 3.8) is 0 Å². The summed E-state index contributed by atoms with van der Waals surface area (Å²) in [5.41, 5.74) is 3.20. The number of aryl methyl sites for hydroxylation is 1. The minimum Gasteiger partial charge on any atom is -0.322 e. The van der Waals surface area contributed by atoms with E-state index in [-0.39, 0.29) is 5.91 Å². The van der Waals surface area contributed by atoms with Crippen LogP contribution in [0.5, 0.6) is 0 Å². The summed E-state index contributed by atoms with van der Waals surface area (Å²) in [6.07, 6.45) is 0. The van der Waals surface area contributed by atoms with Crippen LogP contribution in [-0.2, 0) is 16.6 Å². The number of hydrogen-bond acceptors (Lipinski definition) is 4. The third-order valence-electron chi connectivity index (χ3n) is 5.76. The van der Waals surface area contributed by atoms with E-state index in [9.17, 15) is 13.2 Å². The van der Waals surface area contributed by atoms with Crippen molar-refractivity contribution in [2.24, 2.45) is 0 Å². The maximum atomic E-state index is 12.9. The molecule has 0 aliphatic carbocycles. The molecule has 1 aliphatic heterocycles. The molecule has 9 heteroatoms.